The molecule has 0 aromatic heterocycles. The molecule has 0 spiro atoms. The molecule has 1 heterocycles. The summed E-state index contributed by atoms with van der Waals surface area (Å²) in [7, 11) is 0. The first-order valence-electron chi connectivity index (χ1n) is 1.91. The second-order valence-electron chi connectivity index (χ2n) is 1.07. The average molecular weight is 104 g/mol. The normalized spacial score (nSPS) is 22.7. The molecule has 34 valence electrons. The summed E-state index contributed by atoms with van der Waals surface area (Å²) in [6.07, 6.45) is 0. The Kier molecular flexibility index (Phi) is 1.95. The van der Waals surface area contributed by atoms with Crippen molar-refractivity contribution in [3.63, 3.8) is 0 Å². The second kappa shape index (κ2) is 2.56. The van der Waals surface area contributed by atoms with Crippen LogP contribution < -0.4 is 0 Å². The van der Waals surface area contributed by atoms with Gasteiger partial charge in [-0.2, -0.15) is 0 Å². The van der Waals surface area contributed by atoms with Gasteiger partial charge in [0.05, 0.1) is 6.61 Å². The second-order valence-corrected chi connectivity index (χ2v) is 2.42. The highest BCUT2D eigenvalue weighted by Gasteiger charge is 2.02. The molecule has 1 aliphatic heterocycles. The molecule has 0 aliphatic carbocycles. The maximum absolute atomic E-state index is 4.49. The minimum absolute atomic E-state index is 0.339. The lowest BCUT2D eigenvalue weighted by atomic mass is 10.9. The average Bonchev–Trinajstić information content (AvgIpc) is 1.72. The van der Waals surface area contributed by atoms with Crippen molar-refractivity contribution in [3.05, 3.63) is 0 Å². The van der Waals surface area contributed by atoms with Crippen LogP contribution in [-0.4, -0.2) is 22.2 Å². The fourth-order valence-electron chi connectivity index (χ4n) is 0.279. The van der Waals surface area contributed by atoms with Gasteiger partial charge in [0.15, 0.2) is 0 Å². The number of rotatable bonds is 0. The smallest absolute Gasteiger partial charge is 0.349 e. The van der Waals surface area contributed by atoms with Crippen LogP contribution in [-0.2, 0) is 13.9 Å². The van der Waals surface area contributed by atoms with Crippen LogP contribution in [0.15, 0.2) is 0 Å². The molecule has 0 saturated carbocycles. The maximum Gasteiger partial charge on any atom is 0.495 e. The fourth-order valence-corrected chi connectivity index (χ4v) is 0.768. The van der Waals surface area contributed by atoms with E-state index in [4.69, 9.17) is 0 Å². The summed E-state index contributed by atoms with van der Waals surface area (Å²) in [5.74, 6) is 0. The lowest BCUT2D eigenvalue weighted by Crippen LogP contribution is -2.11. The quantitative estimate of drug-likeness (QED) is 0.310. The highest BCUT2D eigenvalue weighted by atomic mass is 27.1. The van der Waals surface area contributed by atoms with Crippen LogP contribution in [0.3, 0.4) is 0 Å². The molecule has 0 N–H and O–H groups in total. The van der Waals surface area contributed by atoms with E-state index in [9.17, 15) is 0 Å². The third-order valence-electron chi connectivity index (χ3n) is 0.552. The van der Waals surface area contributed by atoms with Gasteiger partial charge in [-0.1, -0.05) is 0 Å². The largest absolute Gasteiger partial charge is 0.495 e. The summed E-state index contributed by atoms with van der Waals surface area (Å²) in [6, 6.07) is 0. The first-order chi connectivity index (χ1) is 3.00. The van der Waals surface area contributed by atoms with E-state index in [0.717, 1.165) is 5.28 Å². The van der Waals surface area contributed by atoms with E-state index in [1.807, 2.05) is 0 Å². The van der Waals surface area contributed by atoms with Crippen LogP contribution in [0.5, 0.6) is 0 Å². The van der Waals surface area contributed by atoms with Gasteiger partial charge in [-0.3, -0.25) is 0 Å². The van der Waals surface area contributed by atoms with E-state index >= 15 is 0 Å². The van der Waals surface area contributed by atoms with E-state index in [-0.39, 0.29) is 15.6 Å². The van der Waals surface area contributed by atoms with Crippen molar-refractivity contribution < 1.29 is 13.9 Å². The predicted molar refractivity (Wildman–Crippen MR) is 20.1 cm³/mol. The Labute approximate surface area is 42.1 Å². The van der Waals surface area contributed by atoms with E-state index in [0.29, 0.717) is 6.61 Å². The Bertz CT molecular complexity index is 24.3. The molecule has 1 rings (SSSR count). The molecule has 0 atom stereocenters. The summed E-state index contributed by atoms with van der Waals surface area (Å²) < 4.78 is 4.49. The van der Waals surface area contributed by atoms with Gasteiger partial charge < -0.3 is 3.94 Å². The van der Waals surface area contributed by atoms with Crippen LogP contribution in [0.2, 0.25) is 5.28 Å². The Morgan fingerprint density at radius 2 is 2.50 bits per heavy atom. The minimum atomic E-state index is -0.339. The van der Waals surface area contributed by atoms with Gasteiger partial charge in [0.2, 0.25) is 0 Å². The first-order valence-corrected chi connectivity index (χ1v) is 3.49. The molecule has 0 aromatic carbocycles. The van der Waals surface area contributed by atoms with Gasteiger partial charge in [0, 0.05) is 0 Å². The standard InChI is InChI=1S/C2H5O3.Al.H/c1-2-4-5-3;;/h3H,1-2H2;;/q;+1;/p-1. The van der Waals surface area contributed by atoms with Crippen LogP contribution >= 0.6 is 0 Å². The maximum atomic E-state index is 4.49. The van der Waals surface area contributed by atoms with Crippen molar-refractivity contribution in [2.75, 3.05) is 6.61 Å². The van der Waals surface area contributed by atoms with E-state index in [2.05, 4.69) is 13.9 Å². The molecule has 0 radical (unpaired) electrons. The molecule has 1 aliphatic rings. The van der Waals surface area contributed by atoms with Gasteiger partial charge in [-0.15, -0.1) is 5.04 Å². The Morgan fingerprint density at radius 1 is 1.50 bits per heavy atom. The third-order valence-corrected chi connectivity index (χ3v) is 1.39. The molecule has 0 bridgehead atoms. The van der Waals surface area contributed by atoms with Gasteiger partial charge in [0.1, 0.15) is 0 Å². The Balaban J connectivity index is 2.00. The summed E-state index contributed by atoms with van der Waals surface area (Å²) in [6.45, 7) is 0.715. The fraction of sp³-hybridized carbons (Fsp3) is 1.00. The molecular weight excluding hydrogens is 99.0 g/mol. The van der Waals surface area contributed by atoms with Crippen molar-refractivity contribution in [2.24, 2.45) is 0 Å². The molecular formula is C2H5AlO3. The first kappa shape index (κ1) is 4.57. The molecule has 4 heteroatoms. The van der Waals surface area contributed by atoms with Gasteiger partial charge >= 0.3 is 15.6 Å². The van der Waals surface area contributed by atoms with Gasteiger partial charge in [0.25, 0.3) is 0 Å². The molecule has 0 aromatic rings. The molecule has 1 fully saturated rings. The van der Waals surface area contributed by atoms with E-state index < -0.39 is 0 Å². The van der Waals surface area contributed by atoms with Crippen LogP contribution in [0.25, 0.3) is 0 Å². The monoisotopic (exact) mass is 104 g/mol. The third kappa shape index (κ3) is 1.25. The minimum Gasteiger partial charge on any atom is -0.349 e. The summed E-state index contributed by atoms with van der Waals surface area (Å²) >= 11 is -0.339. The Morgan fingerprint density at radius 3 is 2.67 bits per heavy atom. The summed E-state index contributed by atoms with van der Waals surface area (Å²) in [5, 5.41) is 5.20. The van der Waals surface area contributed by atoms with Gasteiger partial charge in [-0.25, -0.2) is 4.89 Å². The highest BCUT2D eigenvalue weighted by molar-refractivity contribution is 6.26. The van der Waals surface area contributed by atoms with Crippen molar-refractivity contribution in [1.29, 1.82) is 0 Å². The molecule has 3 nitrogen and oxygen atoms in total. The lowest BCUT2D eigenvalue weighted by molar-refractivity contribution is -0.476. The highest BCUT2D eigenvalue weighted by Crippen LogP contribution is 1.92. The lowest BCUT2D eigenvalue weighted by Gasteiger charge is -2.05. The topological polar surface area (TPSA) is 27.7 Å². The van der Waals surface area contributed by atoms with E-state index in [1.165, 1.54) is 0 Å². The van der Waals surface area contributed by atoms with E-state index in [1.54, 1.807) is 0 Å². The number of hydrogen-bond donors (Lipinski definition) is 0. The van der Waals surface area contributed by atoms with Crippen molar-refractivity contribution >= 4 is 15.6 Å². The molecule has 6 heavy (non-hydrogen) atoms. The summed E-state index contributed by atoms with van der Waals surface area (Å²) in [5.41, 5.74) is 0. The van der Waals surface area contributed by atoms with Crippen molar-refractivity contribution in [2.45, 2.75) is 5.28 Å². The zero-order valence-corrected chi connectivity index (χ0v) is 4.76. The molecule has 0 amide bonds. The van der Waals surface area contributed by atoms with Crippen molar-refractivity contribution in [1.82, 2.24) is 0 Å². The SMILES string of the molecule is C1[CH2][AlH][O]OO1. The Hall–Kier alpha value is 0.412. The molecule has 1 saturated heterocycles. The van der Waals surface area contributed by atoms with Crippen LogP contribution in [0.1, 0.15) is 0 Å². The summed E-state index contributed by atoms with van der Waals surface area (Å²) in [4.78, 5) is 4.38. The van der Waals surface area contributed by atoms with Crippen molar-refractivity contribution in [3.8, 4) is 0 Å². The predicted octanol–water partition coefficient (Wildman–Crippen LogP) is -0.350. The van der Waals surface area contributed by atoms with Gasteiger partial charge in [-0.05, 0) is 5.28 Å². The van der Waals surface area contributed by atoms with Crippen LogP contribution in [0, 0.1) is 0 Å². The molecule has 0 unspecified atom stereocenters. The zero-order chi connectivity index (χ0) is 4.24. The number of hydrogen-bond acceptors (Lipinski definition) is 3. The zero-order valence-electron chi connectivity index (χ0n) is 3.35. The van der Waals surface area contributed by atoms with Crippen LogP contribution in [0.4, 0.5) is 0 Å².